The first-order valence-corrected chi connectivity index (χ1v) is 19.8. The third kappa shape index (κ3) is 5.33. The molecule has 11 rings (SSSR count). The molecule has 10 aromatic rings. The third-order valence-corrected chi connectivity index (χ3v) is 12.2. The molecule has 9 aromatic carbocycles. The van der Waals surface area contributed by atoms with Crippen LogP contribution in [0.2, 0.25) is 0 Å². The monoisotopic (exact) mass is 728 g/mol. The van der Waals surface area contributed by atoms with E-state index in [-0.39, 0.29) is 5.41 Å². The number of para-hydroxylation sites is 2. The molecule has 0 saturated carbocycles. The molecular weight excluding hydrogens is 689 g/mol. The van der Waals surface area contributed by atoms with Crippen LogP contribution in [0.1, 0.15) is 25.0 Å². The number of nitrogens with zero attached hydrogens (tertiary/aromatic N) is 2. The van der Waals surface area contributed by atoms with Gasteiger partial charge in [0.05, 0.1) is 16.7 Å². The molecule has 0 amide bonds. The van der Waals surface area contributed by atoms with Crippen molar-refractivity contribution in [3.63, 3.8) is 0 Å². The molecule has 2 heteroatoms. The fourth-order valence-corrected chi connectivity index (χ4v) is 9.33. The van der Waals surface area contributed by atoms with Gasteiger partial charge in [-0.15, -0.1) is 0 Å². The summed E-state index contributed by atoms with van der Waals surface area (Å²) < 4.78 is 2.45. The van der Waals surface area contributed by atoms with Crippen LogP contribution in [0.3, 0.4) is 0 Å². The smallest absolute Gasteiger partial charge is 0.0547 e. The molecule has 0 spiro atoms. The van der Waals surface area contributed by atoms with Crippen molar-refractivity contribution in [3.05, 3.63) is 217 Å². The summed E-state index contributed by atoms with van der Waals surface area (Å²) in [7, 11) is 0. The van der Waals surface area contributed by atoms with Gasteiger partial charge in [-0.2, -0.15) is 0 Å². The maximum atomic E-state index is 2.45. The van der Waals surface area contributed by atoms with Crippen molar-refractivity contribution in [2.75, 3.05) is 4.90 Å². The van der Waals surface area contributed by atoms with Gasteiger partial charge >= 0.3 is 0 Å². The summed E-state index contributed by atoms with van der Waals surface area (Å²) in [6.07, 6.45) is 0. The van der Waals surface area contributed by atoms with E-state index >= 15 is 0 Å². The van der Waals surface area contributed by atoms with Crippen LogP contribution >= 0.6 is 0 Å². The predicted molar refractivity (Wildman–Crippen MR) is 241 cm³/mol. The van der Waals surface area contributed by atoms with Gasteiger partial charge in [0.25, 0.3) is 0 Å². The number of anilines is 3. The second-order valence-electron chi connectivity index (χ2n) is 15.8. The number of hydrogen-bond acceptors (Lipinski definition) is 1. The number of hydrogen-bond donors (Lipinski definition) is 0. The lowest BCUT2D eigenvalue weighted by Gasteiger charge is -2.28. The predicted octanol–water partition coefficient (Wildman–Crippen LogP) is 15.0. The lowest BCUT2D eigenvalue weighted by molar-refractivity contribution is 0.660. The van der Waals surface area contributed by atoms with E-state index in [4.69, 9.17) is 0 Å². The number of aromatic nitrogens is 1. The van der Waals surface area contributed by atoms with Gasteiger partial charge in [0.15, 0.2) is 0 Å². The van der Waals surface area contributed by atoms with Crippen molar-refractivity contribution in [2.24, 2.45) is 0 Å². The van der Waals surface area contributed by atoms with Gasteiger partial charge in [-0.3, -0.25) is 0 Å². The van der Waals surface area contributed by atoms with E-state index in [0.717, 1.165) is 17.1 Å². The van der Waals surface area contributed by atoms with E-state index < -0.39 is 0 Å². The molecule has 0 bridgehead atoms. The molecule has 0 radical (unpaired) electrons. The first-order chi connectivity index (χ1) is 28.0. The Morgan fingerprint density at radius 2 is 0.930 bits per heavy atom. The van der Waals surface area contributed by atoms with Crippen LogP contribution in [-0.2, 0) is 5.41 Å². The Labute approximate surface area is 333 Å². The maximum Gasteiger partial charge on any atom is 0.0547 e. The zero-order chi connectivity index (χ0) is 38.1. The van der Waals surface area contributed by atoms with Crippen molar-refractivity contribution in [3.8, 4) is 39.1 Å². The summed E-state index contributed by atoms with van der Waals surface area (Å²) in [5.74, 6) is 0. The molecule has 0 aliphatic heterocycles. The van der Waals surface area contributed by atoms with Gasteiger partial charge in [0.1, 0.15) is 0 Å². The third-order valence-electron chi connectivity index (χ3n) is 12.2. The second-order valence-corrected chi connectivity index (χ2v) is 15.8. The first kappa shape index (κ1) is 33.2. The number of benzene rings is 9. The molecule has 0 N–H and O–H groups in total. The van der Waals surface area contributed by atoms with Crippen molar-refractivity contribution in [2.45, 2.75) is 19.3 Å². The van der Waals surface area contributed by atoms with Crippen molar-refractivity contribution in [1.82, 2.24) is 4.57 Å². The average Bonchev–Trinajstić information content (AvgIpc) is 3.71. The minimum atomic E-state index is -0.0998. The minimum absolute atomic E-state index is 0.0998. The standard InChI is InChI=1S/C55H40N2/c1-55(2)50-21-11-8-19-46(50)47-33-32-44(36-51(47)55)56(42-28-24-38(25-29-42)37-14-4-3-5-15-37)43-30-26-39(27-31-43)45-18-9-12-22-52(45)57-53-23-13-10-20-48(53)49-34-40-16-6-7-17-41(40)35-54(49)57/h3-36H,1-2H3. The van der Waals surface area contributed by atoms with Gasteiger partial charge < -0.3 is 9.47 Å². The Balaban J connectivity index is 1.04. The van der Waals surface area contributed by atoms with E-state index in [9.17, 15) is 0 Å². The zero-order valence-corrected chi connectivity index (χ0v) is 32.0. The molecule has 1 aliphatic carbocycles. The van der Waals surface area contributed by atoms with Gasteiger partial charge in [-0.1, -0.05) is 159 Å². The Morgan fingerprint density at radius 1 is 0.368 bits per heavy atom. The first-order valence-electron chi connectivity index (χ1n) is 19.8. The van der Waals surface area contributed by atoms with Gasteiger partial charge in [0.2, 0.25) is 0 Å². The van der Waals surface area contributed by atoms with Crippen LogP contribution in [0.25, 0.3) is 71.6 Å². The Hall–Kier alpha value is -7.16. The zero-order valence-electron chi connectivity index (χ0n) is 32.0. The summed E-state index contributed by atoms with van der Waals surface area (Å²) in [6, 6.07) is 75.6. The summed E-state index contributed by atoms with van der Waals surface area (Å²) in [5.41, 5.74) is 17.0. The van der Waals surface area contributed by atoms with Crippen molar-refractivity contribution < 1.29 is 0 Å². The van der Waals surface area contributed by atoms with Crippen LogP contribution in [0.4, 0.5) is 17.1 Å². The molecule has 57 heavy (non-hydrogen) atoms. The molecule has 1 aliphatic rings. The van der Waals surface area contributed by atoms with E-state index in [1.54, 1.807) is 0 Å². The molecule has 270 valence electrons. The van der Waals surface area contributed by atoms with Gasteiger partial charge in [-0.25, -0.2) is 0 Å². The Kier molecular flexibility index (Phi) is 7.55. The summed E-state index contributed by atoms with van der Waals surface area (Å²) in [6.45, 7) is 4.71. The highest BCUT2D eigenvalue weighted by atomic mass is 15.1. The molecule has 2 nitrogen and oxygen atoms in total. The summed E-state index contributed by atoms with van der Waals surface area (Å²) >= 11 is 0. The van der Waals surface area contributed by atoms with Crippen molar-refractivity contribution >= 4 is 49.6 Å². The lowest BCUT2D eigenvalue weighted by atomic mass is 9.82. The molecule has 1 heterocycles. The van der Waals surface area contributed by atoms with E-state index in [1.165, 1.54) is 82.8 Å². The topological polar surface area (TPSA) is 8.17 Å². The quantitative estimate of drug-likeness (QED) is 0.165. The molecule has 0 unspecified atom stereocenters. The van der Waals surface area contributed by atoms with Crippen LogP contribution in [0.15, 0.2) is 206 Å². The Bertz CT molecular complexity index is 3130. The normalized spacial score (nSPS) is 12.9. The van der Waals surface area contributed by atoms with Crippen LogP contribution in [0.5, 0.6) is 0 Å². The largest absolute Gasteiger partial charge is 0.310 e. The highest BCUT2D eigenvalue weighted by Crippen LogP contribution is 2.51. The van der Waals surface area contributed by atoms with E-state index in [2.05, 4.69) is 230 Å². The lowest BCUT2D eigenvalue weighted by Crippen LogP contribution is -2.16. The van der Waals surface area contributed by atoms with Crippen LogP contribution in [-0.4, -0.2) is 4.57 Å². The molecule has 0 atom stereocenters. The van der Waals surface area contributed by atoms with Crippen molar-refractivity contribution in [1.29, 1.82) is 0 Å². The highest BCUT2D eigenvalue weighted by Gasteiger charge is 2.35. The molecule has 0 fully saturated rings. The van der Waals surface area contributed by atoms with E-state index in [1.807, 2.05) is 0 Å². The highest BCUT2D eigenvalue weighted by molar-refractivity contribution is 6.14. The molecule has 0 saturated heterocycles. The fraction of sp³-hybridized carbons (Fsp3) is 0.0545. The fourth-order valence-electron chi connectivity index (χ4n) is 9.33. The summed E-state index contributed by atoms with van der Waals surface area (Å²) in [4.78, 5) is 2.40. The van der Waals surface area contributed by atoms with Gasteiger partial charge in [0, 0.05) is 38.8 Å². The average molecular weight is 729 g/mol. The second kappa shape index (κ2) is 13.0. The van der Waals surface area contributed by atoms with Crippen LogP contribution < -0.4 is 4.90 Å². The molecular formula is C55H40N2. The SMILES string of the molecule is CC1(C)c2ccccc2-c2ccc(N(c3ccc(-c4ccccc4)cc3)c3ccc(-c4ccccc4-n4c5ccccc5c5cc6ccccc6cc54)cc3)cc21. The maximum absolute atomic E-state index is 2.45. The summed E-state index contributed by atoms with van der Waals surface area (Å²) in [5, 5.41) is 5.03. The van der Waals surface area contributed by atoms with E-state index in [0.29, 0.717) is 0 Å². The number of rotatable bonds is 6. The number of fused-ring (bicyclic) bond motifs is 7. The minimum Gasteiger partial charge on any atom is -0.310 e. The van der Waals surface area contributed by atoms with Gasteiger partial charge in [-0.05, 0) is 110 Å². The molecule has 1 aromatic heterocycles. The van der Waals surface area contributed by atoms with Crippen LogP contribution in [0, 0.1) is 0 Å². The Morgan fingerprint density at radius 3 is 1.70 bits per heavy atom.